The van der Waals surface area contributed by atoms with Crippen LogP contribution in [0.15, 0.2) is 54.8 Å². The van der Waals surface area contributed by atoms with Gasteiger partial charge in [0.2, 0.25) is 0 Å². The highest BCUT2D eigenvalue weighted by molar-refractivity contribution is 5.84. The first-order chi connectivity index (χ1) is 11.7. The molecule has 3 heteroatoms. The summed E-state index contributed by atoms with van der Waals surface area (Å²) in [6.07, 6.45) is 15.4. The van der Waals surface area contributed by atoms with Gasteiger partial charge in [-0.3, -0.25) is 0 Å². The van der Waals surface area contributed by atoms with Crippen LogP contribution in [0.4, 0.5) is 0 Å². The molecule has 0 aromatic heterocycles. The Labute approximate surface area is 144 Å². The smallest absolute Gasteiger partial charge is 0.338 e. The van der Waals surface area contributed by atoms with E-state index in [0.717, 1.165) is 24.8 Å². The molecule has 0 bridgehead atoms. The molecule has 126 valence electrons. The first-order valence-corrected chi connectivity index (χ1v) is 8.84. The highest BCUT2D eigenvalue weighted by Gasteiger charge is 2.43. The number of nitrogens with zero attached hydrogens (tertiary/aromatic N) is 1. The Balaban J connectivity index is 1.97. The maximum atomic E-state index is 12.2. The number of carboxylic acids is 1. The van der Waals surface area contributed by atoms with Crippen LogP contribution in [-0.4, -0.2) is 22.5 Å². The molecule has 1 atom stereocenters. The number of hydrogen-bond acceptors (Lipinski definition) is 2. The molecule has 1 aliphatic heterocycles. The third kappa shape index (κ3) is 2.91. The van der Waals surface area contributed by atoms with E-state index in [0.29, 0.717) is 6.54 Å². The van der Waals surface area contributed by atoms with Gasteiger partial charge in [0.15, 0.2) is 5.54 Å². The lowest BCUT2D eigenvalue weighted by Crippen LogP contribution is -2.49. The van der Waals surface area contributed by atoms with E-state index in [9.17, 15) is 9.90 Å². The third-order valence-corrected chi connectivity index (χ3v) is 4.94. The average molecular weight is 323 g/mol. The van der Waals surface area contributed by atoms with Gasteiger partial charge in [-0.05, 0) is 61.0 Å². The minimum atomic E-state index is -1.11. The largest absolute Gasteiger partial charge is 0.479 e. The highest BCUT2D eigenvalue weighted by atomic mass is 16.4. The van der Waals surface area contributed by atoms with Crippen LogP contribution in [0.3, 0.4) is 0 Å². The Morgan fingerprint density at radius 3 is 2.62 bits per heavy atom. The highest BCUT2D eigenvalue weighted by Crippen LogP contribution is 2.35. The predicted octanol–water partition coefficient (Wildman–Crippen LogP) is 4.72. The fourth-order valence-electron chi connectivity index (χ4n) is 3.67. The van der Waals surface area contributed by atoms with Crippen molar-refractivity contribution in [2.24, 2.45) is 0 Å². The van der Waals surface area contributed by atoms with Gasteiger partial charge in [0.05, 0.1) is 0 Å². The van der Waals surface area contributed by atoms with Gasteiger partial charge in [-0.1, -0.05) is 43.3 Å². The molecule has 3 rings (SSSR count). The monoisotopic (exact) mass is 323 g/mol. The first-order valence-electron chi connectivity index (χ1n) is 8.84. The van der Waals surface area contributed by atoms with Gasteiger partial charge in [-0.15, -0.1) is 0 Å². The molecular weight excluding hydrogens is 298 g/mol. The van der Waals surface area contributed by atoms with E-state index in [1.165, 1.54) is 24.0 Å². The molecule has 24 heavy (non-hydrogen) atoms. The molecule has 0 radical (unpaired) electrons. The van der Waals surface area contributed by atoms with Gasteiger partial charge in [0.1, 0.15) is 0 Å². The molecule has 1 heterocycles. The molecule has 1 unspecified atom stereocenters. The van der Waals surface area contributed by atoms with E-state index in [-0.39, 0.29) is 0 Å². The minimum absolute atomic E-state index is 0.708. The summed E-state index contributed by atoms with van der Waals surface area (Å²) in [6, 6.07) is 8.11. The fraction of sp³-hybridized carbons (Fsp3) is 0.381. The van der Waals surface area contributed by atoms with Crippen LogP contribution in [0.25, 0.3) is 5.57 Å². The molecule has 0 amide bonds. The Bertz CT molecular complexity index is 684. The van der Waals surface area contributed by atoms with Crippen LogP contribution in [0.1, 0.15) is 50.2 Å². The van der Waals surface area contributed by atoms with Crippen LogP contribution in [-0.2, 0) is 10.3 Å². The number of aliphatic carboxylic acids is 1. The van der Waals surface area contributed by atoms with Gasteiger partial charge in [0.25, 0.3) is 0 Å². The third-order valence-electron chi connectivity index (χ3n) is 4.94. The summed E-state index contributed by atoms with van der Waals surface area (Å²) in [5, 5.41) is 10.0. The molecule has 1 aromatic carbocycles. The quantitative estimate of drug-likeness (QED) is 0.852. The number of carbonyl (C=O) groups is 1. The van der Waals surface area contributed by atoms with Crippen molar-refractivity contribution >= 4 is 11.5 Å². The lowest BCUT2D eigenvalue weighted by Gasteiger charge is -2.40. The molecule has 0 saturated heterocycles. The standard InChI is InChI=1S/C21H25NO2/c1-2-15-22-16-7-6-14-21(22,20(23)24)19-12-10-18(11-13-19)17-8-4-3-5-9-17/h6-8,10-14,16H,2-5,9,15H2,1H3,(H,23,24). The van der Waals surface area contributed by atoms with E-state index >= 15 is 0 Å². The summed E-state index contributed by atoms with van der Waals surface area (Å²) in [5.41, 5.74) is 2.31. The Morgan fingerprint density at radius 1 is 1.21 bits per heavy atom. The predicted molar refractivity (Wildman–Crippen MR) is 97.5 cm³/mol. The fourth-order valence-corrected chi connectivity index (χ4v) is 3.67. The van der Waals surface area contributed by atoms with Crippen molar-refractivity contribution in [2.75, 3.05) is 6.54 Å². The van der Waals surface area contributed by atoms with Crippen LogP contribution in [0, 0.1) is 0 Å². The molecule has 0 saturated carbocycles. The second-order valence-corrected chi connectivity index (χ2v) is 6.52. The molecule has 1 N–H and O–H groups in total. The average Bonchev–Trinajstić information content (AvgIpc) is 2.63. The van der Waals surface area contributed by atoms with Crippen LogP contribution in [0.2, 0.25) is 0 Å². The van der Waals surface area contributed by atoms with E-state index in [4.69, 9.17) is 0 Å². The number of rotatable bonds is 5. The van der Waals surface area contributed by atoms with E-state index in [1.807, 2.05) is 35.4 Å². The van der Waals surface area contributed by atoms with Crippen molar-refractivity contribution in [1.29, 1.82) is 0 Å². The van der Waals surface area contributed by atoms with Gasteiger partial charge in [-0.2, -0.15) is 0 Å². The topological polar surface area (TPSA) is 40.5 Å². The van der Waals surface area contributed by atoms with Crippen molar-refractivity contribution in [3.63, 3.8) is 0 Å². The summed E-state index contributed by atoms with van der Waals surface area (Å²) in [4.78, 5) is 14.1. The number of allylic oxidation sites excluding steroid dienone is 4. The maximum Gasteiger partial charge on any atom is 0.338 e. The van der Waals surface area contributed by atoms with Crippen LogP contribution >= 0.6 is 0 Å². The summed E-state index contributed by atoms with van der Waals surface area (Å²) in [6.45, 7) is 2.78. The molecule has 2 aliphatic rings. The Morgan fingerprint density at radius 2 is 2.00 bits per heavy atom. The summed E-state index contributed by atoms with van der Waals surface area (Å²) < 4.78 is 0. The second-order valence-electron chi connectivity index (χ2n) is 6.52. The molecular formula is C21H25NO2. The van der Waals surface area contributed by atoms with Crippen molar-refractivity contribution in [1.82, 2.24) is 4.90 Å². The number of carboxylic acid groups (broad SMARTS) is 1. The Kier molecular flexibility index (Phi) is 4.89. The minimum Gasteiger partial charge on any atom is -0.479 e. The van der Waals surface area contributed by atoms with Gasteiger partial charge in [-0.25, -0.2) is 4.79 Å². The van der Waals surface area contributed by atoms with Gasteiger partial charge in [0, 0.05) is 12.7 Å². The zero-order chi connectivity index (χ0) is 17.0. The lowest BCUT2D eigenvalue weighted by molar-refractivity contribution is -0.147. The van der Waals surface area contributed by atoms with Crippen molar-refractivity contribution in [2.45, 2.75) is 44.6 Å². The normalized spacial score (nSPS) is 23.2. The zero-order valence-electron chi connectivity index (χ0n) is 14.2. The molecule has 3 nitrogen and oxygen atoms in total. The molecule has 1 aliphatic carbocycles. The zero-order valence-corrected chi connectivity index (χ0v) is 14.2. The summed E-state index contributed by atoms with van der Waals surface area (Å²) in [7, 11) is 0. The van der Waals surface area contributed by atoms with Gasteiger partial charge < -0.3 is 10.0 Å². The van der Waals surface area contributed by atoms with E-state index in [2.05, 4.69) is 25.1 Å². The maximum absolute atomic E-state index is 12.2. The summed E-state index contributed by atoms with van der Waals surface area (Å²) in [5.74, 6) is -0.832. The molecule has 1 aromatic rings. The van der Waals surface area contributed by atoms with Crippen LogP contribution in [0.5, 0.6) is 0 Å². The van der Waals surface area contributed by atoms with Crippen molar-refractivity contribution in [3.8, 4) is 0 Å². The second kappa shape index (κ2) is 7.08. The van der Waals surface area contributed by atoms with Crippen molar-refractivity contribution < 1.29 is 9.90 Å². The van der Waals surface area contributed by atoms with Crippen molar-refractivity contribution in [3.05, 3.63) is 65.9 Å². The SMILES string of the molecule is CCCN1C=CC=CC1(C(=O)O)c1ccc(C2=CCCCC2)cc1. The van der Waals surface area contributed by atoms with E-state index in [1.54, 1.807) is 6.08 Å². The first kappa shape index (κ1) is 16.6. The molecule has 0 spiro atoms. The lowest BCUT2D eigenvalue weighted by atomic mass is 9.84. The Hall–Kier alpha value is -2.29. The van der Waals surface area contributed by atoms with Crippen LogP contribution < -0.4 is 0 Å². The van der Waals surface area contributed by atoms with E-state index < -0.39 is 11.5 Å². The van der Waals surface area contributed by atoms with Gasteiger partial charge >= 0.3 is 5.97 Å². The summed E-state index contributed by atoms with van der Waals surface area (Å²) >= 11 is 0. The number of hydrogen-bond donors (Lipinski definition) is 1. The number of benzene rings is 1. The molecule has 0 fully saturated rings.